The number of hydrogen-bond donors (Lipinski definition) is 0. The van der Waals surface area contributed by atoms with Gasteiger partial charge in [0.2, 0.25) is 0 Å². The summed E-state index contributed by atoms with van der Waals surface area (Å²) in [7, 11) is 0.0856. The van der Waals surface area contributed by atoms with E-state index >= 15 is 0 Å². The molecule has 1 aliphatic carbocycles. The molecule has 0 heterocycles. The van der Waals surface area contributed by atoms with Crippen molar-refractivity contribution < 1.29 is 46.5 Å². The normalized spacial score (nSPS) is 12.9. The van der Waals surface area contributed by atoms with Gasteiger partial charge in [0.25, 0.3) is 0 Å². The molecule has 0 spiro atoms. The molecule has 0 fully saturated rings. The Morgan fingerprint density at radius 2 is 1.65 bits per heavy atom. The summed E-state index contributed by atoms with van der Waals surface area (Å²) >= 11 is 0. The van der Waals surface area contributed by atoms with Gasteiger partial charge < -0.3 is 24.8 Å². The Morgan fingerprint density at radius 3 is 2.16 bits per heavy atom. The van der Waals surface area contributed by atoms with Crippen molar-refractivity contribution >= 4 is 24.0 Å². The Bertz CT molecular complexity index is 710. The van der Waals surface area contributed by atoms with Gasteiger partial charge in [-0.15, -0.1) is 46.8 Å². The minimum Gasteiger partial charge on any atom is -1.00 e. The van der Waals surface area contributed by atoms with Gasteiger partial charge in [0, 0.05) is 0 Å². The van der Waals surface area contributed by atoms with Crippen LogP contribution in [0.25, 0.3) is 10.8 Å². The molecule has 3 rings (SSSR count). The monoisotopic (exact) mass is 512 g/mol. The summed E-state index contributed by atoms with van der Waals surface area (Å²) < 4.78 is 0. The summed E-state index contributed by atoms with van der Waals surface area (Å²) in [5.41, 5.74) is 1.42. The van der Waals surface area contributed by atoms with Gasteiger partial charge in [0.1, 0.15) is 0 Å². The van der Waals surface area contributed by atoms with Crippen LogP contribution < -0.4 is 30.1 Å². The molecule has 1 aliphatic rings. The van der Waals surface area contributed by atoms with Crippen LogP contribution in [0.5, 0.6) is 0 Å². The zero-order valence-electron chi connectivity index (χ0n) is 19.8. The second kappa shape index (κ2) is 19.5. The molecule has 0 amide bonds. The number of rotatable bonds is 10. The summed E-state index contributed by atoms with van der Waals surface area (Å²) in [6, 6.07) is 13.6. The Hall–Kier alpha value is 0.0343. The first-order valence-electron chi connectivity index (χ1n) is 11.4. The average Bonchev–Trinajstić information content (AvgIpc) is 3.38. The third-order valence-corrected chi connectivity index (χ3v) is 8.21. The van der Waals surface area contributed by atoms with Gasteiger partial charge >= 0.3 is 21.7 Å². The third kappa shape index (κ3) is 11.6. The average molecular weight is 513 g/mol. The Morgan fingerprint density at radius 1 is 1.00 bits per heavy atom. The van der Waals surface area contributed by atoms with Crippen molar-refractivity contribution in [1.29, 1.82) is 0 Å². The van der Waals surface area contributed by atoms with Gasteiger partial charge in [0.05, 0.1) is 0 Å². The number of hydrogen-bond acceptors (Lipinski definition) is 0. The zero-order valence-corrected chi connectivity index (χ0v) is 23.7. The van der Waals surface area contributed by atoms with E-state index in [0.717, 1.165) is 12.3 Å². The number of fused-ring (bicyclic) bond motifs is 1. The van der Waals surface area contributed by atoms with Gasteiger partial charge in [-0.1, -0.05) is 66.9 Å². The van der Waals surface area contributed by atoms with Crippen molar-refractivity contribution in [2.75, 3.05) is 12.3 Å². The molecule has 0 aliphatic heterocycles. The summed E-state index contributed by atoms with van der Waals surface area (Å²) in [4.78, 5) is 0. The summed E-state index contributed by atoms with van der Waals surface area (Å²) in [5.74, 6) is 0.726. The Balaban J connectivity index is 0. The van der Waals surface area contributed by atoms with Gasteiger partial charge in [0.15, 0.2) is 0 Å². The van der Waals surface area contributed by atoms with Gasteiger partial charge in [-0.25, -0.2) is 11.6 Å². The van der Waals surface area contributed by atoms with E-state index in [1.165, 1.54) is 67.2 Å². The first kappa shape index (κ1) is 33.2. The van der Waals surface area contributed by atoms with Crippen LogP contribution >= 0.6 is 7.92 Å². The minimum atomic E-state index is 0. The minimum absolute atomic E-state index is 0. The van der Waals surface area contributed by atoms with Crippen molar-refractivity contribution in [3.05, 3.63) is 60.2 Å². The van der Waals surface area contributed by atoms with Crippen LogP contribution in [0.15, 0.2) is 54.1 Å². The molecule has 31 heavy (non-hydrogen) atoms. The van der Waals surface area contributed by atoms with Crippen LogP contribution in [0.3, 0.4) is 0 Å². The van der Waals surface area contributed by atoms with Crippen molar-refractivity contribution in [2.24, 2.45) is 5.92 Å². The quantitative estimate of drug-likeness (QED) is 0.260. The largest absolute Gasteiger partial charge is 4.00 e. The van der Waals surface area contributed by atoms with Crippen LogP contribution in [0.1, 0.15) is 72.6 Å². The fourth-order valence-electron chi connectivity index (χ4n) is 3.73. The SMILES string of the molecule is CCCC(C)C1=[C-]CC=C1.CCCCP(CCCC)c1cc2ccccc2[cH-]1.[Cl-].[Cl-].[Ti+4]. The van der Waals surface area contributed by atoms with Crippen LogP contribution in [-0.2, 0) is 21.7 Å². The maximum Gasteiger partial charge on any atom is 4.00 e. The molecule has 0 N–H and O–H groups in total. The molecular formula is C27H39Cl2PTi. The molecule has 0 nitrogen and oxygen atoms in total. The van der Waals surface area contributed by atoms with Crippen molar-refractivity contribution in [3.8, 4) is 0 Å². The van der Waals surface area contributed by atoms with Gasteiger partial charge in [-0.3, -0.25) is 6.08 Å². The van der Waals surface area contributed by atoms with E-state index in [9.17, 15) is 0 Å². The second-order valence-corrected chi connectivity index (χ2v) is 10.5. The molecule has 0 bridgehead atoms. The third-order valence-electron chi connectivity index (χ3n) is 5.51. The summed E-state index contributed by atoms with van der Waals surface area (Å²) in [6.45, 7) is 9.11. The number of allylic oxidation sites excluding steroid dienone is 4. The molecule has 2 aromatic rings. The molecule has 0 radical (unpaired) electrons. The molecule has 1 atom stereocenters. The molecule has 2 aromatic carbocycles. The van der Waals surface area contributed by atoms with Crippen molar-refractivity contribution in [2.45, 2.75) is 72.6 Å². The van der Waals surface area contributed by atoms with E-state index in [1.54, 1.807) is 5.30 Å². The van der Waals surface area contributed by atoms with E-state index in [2.05, 4.69) is 82.3 Å². The van der Waals surface area contributed by atoms with Gasteiger partial charge in [-0.05, 0) is 31.6 Å². The first-order valence-corrected chi connectivity index (χ1v) is 13.1. The maximum atomic E-state index is 3.35. The van der Waals surface area contributed by atoms with Crippen LogP contribution in [-0.4, -0.2) is 12.3 Å². The van der Waals surface area contributed by atoms with Gasteiger partial charge in [-0.2, -0.15) is 12.1 Å². The standard InChI is InChI=1S/C17H24P.C10H15.2ClH.Ti/c1-3-5-11-18(12-6-4-2)17-13-15-9-7-8-10-16(15)14-17;1-3-6-9(2)10-7-4-5-8-10;;;/h7-10,13-14H,3-6,11-12H2,1-2H3;4,7,9H,3,5-6H2,1-2H3;2*1H;/q2*-1;;;+4/p-2. The molecule has 0 aromatic heterocycles. The van der Waals surface area contributed by atoms with Crippen LogP contribution in [0.4, 0.5) is 0 Å². The summed E-state index contributed by atoms with van der Waals surface area (Å²) in [6.07, 6.45) is 19.6. The molecular weight excluding hydrogens is 474 g/mol. The molecule has 4 heteroatoms. The van der Waals surface area contributed by atoms with Crippen molar-refractivity contribution in [1.82, 2.24) is 0 Å². The van der Waals surface area contributed by atoms with Crippen LogP contribution in [0, 0.1) is 12.0 Å². The second-order valence-electron chi connectivity index (χ2n) is 7.96. The van der Waals surface area contributed by atoms with E-state index in [0.29, 0.717) is 0 Å². The molecule has 170 valence electrons. The molecule has 0 saturated carbocycles. The first-order chi connectivity index (χ1) is 13.7. The predicted molar refractivity (Wildman–Crippen MR) is 130 cm³/mol. The predicted octanol–water partition coefficient (Wildman–Crippen LogP) is 2.38. The van der Waals surface area contributed by atoms with E-state index < -0.39 is 0 Å². The number of benzene rings is 1. The van der Waals surface area contributed by atoms with E-state index in [4.69, 9.17) is 0 Å². The topological polar surface area (TPSA) is 0 Å². The molecule has 1 unspecified atom stereocenters. The summed E-state index contributed by atoms with van der Waals surface area (Å²) in [5, 5.41) is 4.48. The van der Waals surface area contributed by atoms with E-state index in [-0.39, 0.29) is 54.5 Å². The van der Waals surface area contributed by atoms with E-state index in [1.807, 2.05) is 0 Å². The maximum absolute atomic E-state index is 3.35. The Labute approximate surface area is 220 Å². The Kier molecular flexibility index (Phi) is 20.9. The number of halogens is 2. The van der Waals surface area contributed by atoms with Crippen LogP contribution in [0.2, 0.25) is 0 Å². The zero-order chi connectivity index (χ0) is 20.2. The fraction of sp³-hybridized carbons (Fsp3) is 0.519. The fourth-order valence-corrected chi connectivity index (χ4v) is 6.51. The number of unbranched alkanes of at least 4 members (excludes halogenated alkanes) is 2. The molecule has 0 saturated heterocycles. The van der Waals surface area contributed by atoms with Crippen molar-refractivity contribution in [3.63, 3.8) is 0 Å². The smallest absolute Gasteiger partial charge is 1.00 e.